The van der Waals surface area contributed by atoms with Gasteiger partial charge in [-0.1, -0.05) is 41.6 Å². The SMILES string of the molecule is COc1cccc(-c2nnc(SCc3coc(-c4ccc(C)cc4)n3)n2C)c1. The third kappa shape index (κ3) is 3.80. The number of methoxy groups -OCH3 is 1. The van der Waals surface area contributed by atoms with Crippen molar-refractivity contribution in [2.45, 2.75) is 17.8 Å². The molecule has 0 unspecified atom stereocenters. The number of hydrogen-bond donors (Lipinski definition) is 0. The lowest BCUT2D eigenvalue weighted by atomic mass is 10.1. The van der Waals surface area contributed by atoms with Gasteiger partial charge < -0.3 is 13.7 Å². The number of nitrogens with zero attached hydrogens (tertiary/aromatic N) is 4. The van der Waals surface area contributed by atoms with Crippen molar-refractivity contribution in [3.05, 3.63) is 66.1 Å². The van der Waals surface area contributed by atoms with E-state index in [1.165, 1.54) is 5.56 Å². The second kappa shape index (κ2) is 7.90. The number of oxazole rings is 1. The maximum absolute atomic E-state index is 5.63. The molecule has 2 heterocycles. The number of ether oxygens (including phenoxy) is 1. The minimum Gasteiger partial charge on any atom is -0.497 e. The Morgan fingerprint density at radius 1 is 1.07 bits per heavy atom. The highest BCUT2D eigenvalue weighted by Crippen LogP contribution is 2.28. The quantitative estimate of drug-likeness (QED) is 0.441. The van der Waals surface area contributed by atoms with Gasteiger partial charge in [-0.15, -0.1) is 10.2 Å². The Morgan fingerprint density at radius 3 is 2.68 bits per heavy atom. The van der Waals surface area contributed by atoms with Gasteiger partial charge >= 0.3 is 0 Å². The van der Waals surface area contributed by atoms with E-state index in [-0.39, 0.29) is 0 Å². The maximum atomic E-state index is 5.63. The lowest BCUT2D eigenvalue weighted by molar-refractivity contribution is 0.415. The molecule has 4 rings (SSSR count). The molecule has 0 aliphatic heterocycles. The van der Waals surface area contributed by atoms with Crippen LogP contribution in [0.4, 0.5) is 0 Å². The highest BCUT2D eigenvalue weighted by Gasteiger charge is 2.13. The number of aryl methyl sites for hydroxylation is 1. The highest BCUT2D eigenvalue weighted by atomic mass is 32.2. The van der Waals surface area contributed by atoms with Crippen LogP contribution < -0.4 is 4.74 Å². The van der Waals surface area contributed by atoms with Crippen LogP contribution in [0.15, 0.2) is 64.4 Å². The molecule has 0 saturated carbocycles. The van der Waals surface area contributed by atoms with Gasteiger partial charge in [0.2, 0.25) is 5.89 Å². The van der Waals surface area contributed by atoms with Crippen LogP contribution in [0.1, 0.15) is 11.3 Å². The Bertz CT molecular complexity index is 1090. The summed E-state index contributed by atoms with van der Waals surface area (Å²) >= 11 is 1.57. The molecule has 2 aromatic carbocycles. The van der Waals surface area contributed by atoms with Crippen molar-refractivity contribution in [1.29, 1.82) is 0 Å². The monoisotopic (exact) mass is 392 g/mol. The Morgan fingerprint density at radius 2 is 1.89 bits per heavy atom. The fourth-order valence-corrected chi connectivity index (χ4v) is 3.58. The van der Waals surface area contributed by atoms with E-state index >= 15 is 0 Å². The molecule has 142 valence electrons. The Kier molecular flexibility index (Phi) is 5.16. The van der Waals surface area contributed by atoms with Crippen LogP contribution in [-0.2, 0) is 12.8 Å². The molecular weight excluding hydrogens is 372 g/mol. The number of hydrogen-bond acceptors (Lipinski definition) is 6. The minimum atomic E-state index is 0.630. The van der Waals surface area contributed by atoms with Gasteiger partial charge in [-0.25, -0.2) is 4.98 Å². The largest absolute Gasteiger partial charge is 0.497 e. The van der Waals surface area contributed by atoms with Crippen LogP contribution in [0.5, 0.6) is 5.75 Å². The van der Waals surface area contributed by atoms with Crippen LogP contribution in [0.25, 0.3) is 22.8 Å². The van der Waals surface area contributed by atoms with E-state index in [4.69, 9.17) is 9.15 Å². The predicted octanol–water partition coefficient (Wildman–Crippen LogP) is 4.75. The highest BCUT2D eigenvalue weighted by molar-refractivity contribution is 7.98. The van der Waals surface area contributed by atoms with Gasteiger partial charge in [0.1, 0.15) is 12.0 Å². The van der Waals surface area contributed by atoms with Crippen molar-refractivity contribution >= 4 is 11.8 Å². The summed E-state index contributed by atoms with van der Waals surface area (Å²) in [5.74, 6) is 2.87. The summed E-state index contributed by atoms with van der Waals surface area (Å²) in [5.41, 5.74) is 4.01. The van der Waals surface area contributed by atoms with Crippen LogP contribution in [0.3, 0.4) is 0 Å². The summed E-state index contributed by atoms with van der Waals surface area (Å²) in [6.07, 6.45) is 1.70. The summed E-state index contributed by atoms with van der Waals surface area (Å²) in [5, 5.41) is 9.46. The van der Waals surface area contributed by atoms with Crippen molar-refractivity contribution in [2.24, 2.45) is 7.05 Å². The topological polar surface area (TPSA) is 66.0 Å². The molecule has 0 spiro atoms. The molecule has 28 heavy (non-hydrogen) atoms. The van der Waals surface area contributed by atoms with Gasteiger partial charge in [0, 0.05) is 23.9 Å². The fourth-order valence-electron chi connectivity index (χ4n) is 2.79. The number of rotatable bonds is 6. The normalized spacial score (nSPS) is 11.0. The molecule has 0 atom stereocenters. The third-order valence-electron chi connectivity index (χ3n) is 4.36. The van der Waals surface area contributed by atoms with E-state index in [0.717, 1.165) is 33.6 Å². The number of benzene rings is 2. The van der Waals surface area contributed by atoms with E-state index in [2.05, 4.69) is 22.1 Å². The van der Waals surface area contributed by atoms with Crippen LogP contribution in [0, 0.1) is 6.92 Å². The van der Waals surface area contributed by atoms with Gasteiger partial charge in [-0.2, -0.15) is 0 Å². The molecule has 0 fully saturated rings. The first-order chi connectivity index (χ1) is 13.6. The van der Waals surface area contributed by atoms with Gasteiger partial charge in [0.05, 0.1) is 12.8 Å². The van der Waals surface area contributed by atoms with Gasteiger partial charge in [0.15, 0.2) is 11.0 Å². The van der Waals surface area contributed by atoms with Crippen LogP contribution in [0.2, 0.25) is 0 Å². The zero-order valence-electron chi connectivity index (χ0n) is 15.9. The minimum absolute atomic E-state index is 0.630. The van der Waals surface area contributed by atoms with Crippen molar-refractivity contribution < 1.29 is 9.15 Å². The Balaban J connectivity index is 1.47. The summed E-state index contributed by atoms with van der Waals surface area (Å²) in [6, 6.07) is 15.9. The molecule has 0 bridgehead atoms. The molecular formula is C21H20N4O2S. The number of thioether (sulfide) groups is 1. The summed E-state index contributed by atoms with van der Waals surface area (Å²) in [4.78, 5) is 4.58. The van der Waals surface area contributed by atoms with Crippen LogP contribution in [-0.4, -0.2) is 26.9 Å². The van der Waals surface area contributed by atoms with Crippen molar-refractivity contribution in [2.75, 3.05) is 7.11 Å². The smallest absolute Gasteiger partial charge is 0.226 e. The molecule has 0 saturated heterocycles. The van der Waals surface area contributed by atoms with E-state index in [9.17, 15) is 0 Å². The van der Waals surface area contributed by atoms with Gasteiger partial charge in [0.25, 0.3) is 0 Å². The standard InChI is InChI=1S/C21H20N4O2S/c1-14-7-9-15(10-8-14)20-22-17(12-27-20)13-28-21-24-23-19(25(21)2)16-5-4-6-18(11-16)26-3/h4-12H,13H2,1-3H3. The molecule has 4 aromatic rings. The van der Waals surface area contributed by atoms with Gasteiger partial charge in [-0.05, 0) is 31.2 Å². The molecule has 0 N–H and O–H groups in total. The molecule has 0 aliphatic carbocycles. The summed E-state index contributed by atoms with van der Waals surface area (Å²) < 4.78 is 12.9. The zero-order chi connectivity index (χ0) is 19.5. The van der Waals surface area contributed by atoms with E-state index < -0.39 is 0 Å². The van der Waals surface area contributed by atoms with Crippen molar-refractivity contribution in [3.8, 4) is 28.6 Å². The predicted molar refractivity (Wildman–Crippen MR) is 109 cm³/mol. The molecule has 0 amide bonds. The van der Waals surface area contributed by atoms with E-state index in [1.807, 2.05) is 60.1 Å². The molecule has 2 aromatic heterocycles. The number of aromatic nitrogens is 4. The first kappa shape index (κ1) is 18.3. The lowest BCUT2D eigenvalue weighted by Crippen LogP contribution is -1.95. The third-order valence-corrected chi connectivity index (χ3v) is 5.42. The fraction of sp³-hybridized carbons (Fsp3) is 0.190. The Labute approximate surface area is 167 Å². The zero-order valence-corrected chi connectivity index (χ0v) is 16.7. The first-order valence-electron chi connectivity index (χ1n) is 8.82. The first-order valence-corrected chi connectivity index (χ1v) is 9.80. The van der Waals surface area contributed by atoms with Crippen molar-refractivity contribution in [1.82, 2.24) is 19.7 Å². The van der Waals surface area contributed by atoms with Crippen molar-refractivity contribution in [3.63, 3.8) is 0 Å². The maximum Gasteiger partial charge on any atom is 0.226 e. The average Bonchev–Trinajstić information content (AvgIpc) is 3.34. The molecule has 6 nitrogen and oxygen atoms in total. The van der Waals surface area contributed by atoms with Gasteiger partial charge in [-0.3, -0.25) is 0 Å². The molecule has 0 radical (unpaired) electrons. The molecule has 0 aliphatic rings. The second-order valence-electron chi connectivity index (χ2n) is 6.40. The van der Waals surface area contributed by atoms with E-state index in [1.54, 1.807) is 25.1 Å². The average molecular weight is 392 g/mol. The van der Waals surface area contributed by atoms with E-state index in [0.29, 0.717) is 11.6 Å². The summed E-state index contributed by atoms with van der Waals surface area (Å²) in [7, 11) is 3.61. The lowest BCUT2D eigenvalue weighted by Gasteiger charge is -2.05. The molecule has 7 heteroatoms. The second-order valence-corrected chi connectivity index (χ2v) is 7.34. The Hall–Kier alpha value is -3.06. The van der Waals surface area contributed by atoms with Crippen LogP contribution >= 0.6 is 11.8 Å². The summed E-state index contributed by atoms with van der Waals surface area (Å²) in [6.45, 7) is 2.06.